The maximum absolute atomic E-state index is 13.5. The van der Waals surface area contributed by atoms with Gasteiger partial charge in [0.05, 0.1) is 0 Å². The van der Waals surface area contributed by atoms with Crippen molar-refractivity contribution >= 4 is 16.7 Å². The number of rotatable bonds is 5. The molecule has 2 nitrogen and oxygen atoms in total. The molecule has 0 radical (unpaired) electrons. The zero-order chi connectivity index (χ0) is 15.5. The number of benzene rings is 2. The van der Waals surface area contributed by atoms with Crippen molar-refractivity contribution in [3.63, 3.8) is 0 Å². The van der Waals surface area contributed by atoms with Gasteiger partial charge in [-0.1, -0.05) is 45.0 Å². The summed E-state index contributed by atoms with van der Waals surface area (Å²) < 4.78 is 13.5. The first-order valence-corrected chi connectivity index (χ1v) is 7.39. The molecule has 0 unspecified atom stereocenters. The lowest BCUT2D eigenvalue weighted by molar-refractivity contribution is -0.121. The van der Waals surface area contributed by atoms with Crippen LogP contribution in [0.3, 0.4) is 0 Å². The average Bonchev–Trinajstić information content (AvgIpc) is 2.45. The molecule has 0 atom stereocenters. The van der Waals surface area contributed by atoms with Gasteiger partial charge in [-0.2, -0.15) is 0 Å². The van der Waals surface area contributed by atoms with E-state index in [0.29, 0.717) is 13.0 Å². The Morgan fingerprint density at radius 3 is 2.71 bits per heavy atom. The quantitative estimate of drug-likeness (QED) is 0.878. The van der Waals surface area contributed by atoms with Gasteiger partial charge in [0, 0.05) is 18.4 Å². The molecule has 21 heavy (non-hydrogen) atoms. The minimum Gasteiger partial charge on any atom is -0.355 e. The predicted octanol–water partition coefficient (Wildman–Crippen LogP) is 4.17. The summed E-state index contributed by atoms with van der Waals surface area (Å²) >= 11 is 0. The molecular weight excluding hydrogens is 265 g/mol. The van der Waals surface area contributed by atoms with Crippen molar-refractivity contribution in [1.82, 2.24) is 5.32 Å². The van der Waals surface area contributed by atoms with Gasteiger partial charge in [-0.15, -0.1) is 0 Å². The zero-order valence-electron chi connectivity index (χ0n) is 12.9. The molecule has 0 aromatic heterocycles. The summed E-state index contributed by atoms with van der Waals surface area (Å²) in [6, 6.07) is 10.8. The number of halogens is 1. The third-order valence-corrected chi connectivity index (χ3v) is 3.78. The van der Waals surface area contributed by atoms with Crippen LogP contribution in [-0.2, 0) is 10.2 Å². The highest BCUT2D eigenvalue weighted by Gasteiger charge is 2.23. The summed E-state index contributed by atoms with van der Waals surface area (Å²) in [5, 5.41) is 4.89. The maximum atomic E-state index is 13.5. The van der Waals surface area contributed by atoms with E-state index in [1.807, 2.05) is 25.1 Å². The van der Waals surface area contributed by atoms with Crippen molar-refractivity contribution in [3.05, 3.63) is 47.8 Å². The lowest BCUT2D eigenvalue weighted by Crippen LogP contribution is -2.36. The summed E-state index contributed by atoms with van der Waals surface area (Å²) in [6.45, 7) is 6.66. The third kappa shape index (κ3) is 3.60. The van der Waals surface area contributed by atoms with Crippen LogP contribution >= 0.6 is 0 Å². The number of carbonyl (C=O) groups excluding carboxylic acids is 1. The minimum atomic E-state index is -0.253. The topological polar surface area (TPSA) is 29.1 Å². The standard InChI is InChI=1S/C18H22FNO/c1-4-6-17(21)20-12-18(2,3)16-8-5-7-13-9-10-14(19)11-15(13)16/h5,7-11H,4,6,12H2,1-3H3,(H,20,21). The normalized spacial score (nSPS) is 11.6. The molecule has 0 aliphatic rings. The van der Waals surface area contributed by atoms with Gasteiger partial charge >= 0.3 is 0 Å². The fraction of sp³-hybridized carbons (Fsp3) is 0.389. The molecule has 0 aliphatic carbocycles. The molecule has 0 fully saturated rings. The molecule has 0 bridgehead atoms. The van der Waals surface area contributed by atoms with E-state index in [9.17, 15) is 9.18 Å². The molecule has 0 saturated carbocycles. The Labute approximate surface area is 125 Å². The van der Waals surface area contributed by atoms with Gasteiger partial charge in [0.25, 0.3) is 0 Å². The summed E-state index contributed by atoms with van der Waals surface area (Å²) in [4.78, 5) is 11.7. The molecule has 0 heterocycles. The van der Waals surface area contributed by atoms with Gasteiger partial charge in [0.2, 0.25) is 5.91 Å². The number of fused-ring (bicyclic) bond motifs is 1. The van der Waals surface area contributed by atoms with Crippen molar-refractivity contribution < 1.29 is 9.18 Å². The van der Waals surface area contributed by atoms with E-state index < -0.39 is 0 Å². The summed E-state index contributed by atoms with van der Waals surface area (Å²) in [7, 11) is 0. The lowest BCUT2D eigenvalue weighted by Gasteiger charge is -2.27. The Morgan fingerprint density at radius 1 is 1.24 bits per heavy atom. The Kier molecular flexibility index (Phi) is 4.61. The smallest absolute Gasteiger partial charge is 0.220 e. The van der Waals surface area contributed by atoms with Crippen molar-refractivity contribution in [2.24, 2.45) is 0 Å². The first kappa shape index (κ1) is 15.5. The van der Waals surface area contributed by atoms with E-state index in [2.05, 4.69) is 19.2 Å². The summed E-state index contributed by atoms with van der Waals surface area (Å²) in [5.41, 5.74) is 0.799. The second kappa shape index (κ2) is 6.25. The number of nitrogens with one attached hydrogen (secondary N) is 1. The summed E-state index contributed by atoms with van der Waals surface area (Å²) in [5.74, 6) is -0.169. The van der Waals surface area contributed by atoms with Gasteiger partial charge in [0.1, 0.15) is 5.82 Å². The Balaban J connectivity index is 2.31. The largest absolute Gasteiger partial charge is 0.355 e. The minimum absolute atomic E-state index is 0.0667. The van der Waals surface area contributed by atoms with E-state index >= 15 is 0 Å². The highest BCUT2D eigenvalue weighted by atomic mass is 19.1. The van der Waals surface area contributed by atoms with Gasteiger partial charge in [-0.05, 0) is 34.9 Å². The number of hydrogen-bond acceptors (Lipinski definition) is 1. The maximum Gasteiger partial charge on any atom is 0.220 e. The second-order valence-corrected chi connectivity index (χ2v) is 6.08. The van der Waals surface area contributed by atoms with Crippen LogP contribution in [0.15, 0.2) is 36.4 Å². The molecule has 1 N–H and O–H groups in total. The SMILES string of the molecule is CCCC(=O)NCC(C)(C)c1cccc2ccc(F)cc12. The number of amides is 1. The summed E-state index contributed by atoms with van der Waals surface area (Å²) in [6.07, 6.45) is 1.38. The van der Waals surface area contributed by atoms with E-state index in [0.717, 1.165) is 22.8 Å². The van der Waals surface area contributed by atoms with Crippen LogP contribution in [0.5, 0.6) is 0 Å². The van der Waals surface area contributed by atoms with E-state index in [-0.39, 0.29) is 17.1 Å². The van der Waals surface area contributed by atoms with Crippen molar-refractivity contribution in [1.29, 1.82) is 0 Å². The molecule has 1 amide bonds. The molecular formula is C18H22FNO. The Bertz CT molecular complexity index is 649. The molecule has 0 saturated heterocycles. The van der Waals surface area contributed by atoms with Crippen LogP contribution in [0.4, 0.5) is 4.39 Å². The van der Waals surface area contributed by atoms with Gasteiger partial charge in [-0.25, -0.2) is 4.39 Å². The van der Waals surface area contributed by atoms with Gasteiger partial charge < -0.3 is 5.32 Å². The highest BCUT2D eigenvalue weighted by Crippen LogP contribution is 2.30. The van der Waals surface area contributed by atoms with E-state index in [1.54, 1.807) is 12.1 Å². The fourth-order valence-corrected chi connectivity index (χ4v) is 2.57. The highest BCUT2D eigenvalue weighted by molar-refractivity contribution is 5.87. The van der Waals surface area contributed by atoms with Crippen LogP contribution in [0, 0.1) is 5.82 Å². The van der Waals surface area contributed by atoms with Crippen LogP contribution in [0.2, 0.25) is 0 Å². The molecule has 112 valence electrons. The van der Waals surface area contributed by atoms with Crippen LogP contribution in [0.25, 0.3) is 10.8 Å². The fourth-order valence-electron chi connectivity index (χ4n) is 2.57. The number of hydrogen-bond donors (Lipinski definition) is 1. The van der Waals surface area contributed by atoms with Crippen LogP contribution in [0.1, 0.15) is 39.2 Å². The molecule has 3 heteroatoms. The molecule has 2 aromatic rings. The van der Waals surface area contributed by atoms with Crippen LogP contribution < -0.4 is 5.32 Å². The van der Waals surface area contributed by atoms with Gasteiger partial charge in [-0.3, -0.25) is 4.79 Å². The Hall–Kier alpha value is -1.90. The average molecular weight is 287 g/mol. The van der Waals surface area contributed by atoms with E-state index in [4.69, 9.17) is 0 Å². The third-order valence-electron chi connectivity index (χ3n) is 3.78. The second-order valence-electron chi connectivity index (χ2n) is 6.08. The number of carbonyl (C=O) groups is 1. The predicted molar refractivity (Wildman–Crippen MR) is 84.8 cm³/mol. The first-order chi connectivity index (χ1) is 9.94. The van der Waals surface area contributed by atoms with Gasteiger partial charge in [0.15, 0.2) is 0 Å². The molecule has 0 aliphatic heterocycles. The zero-order valence-corrected chi connectivity index (χ0v) is 12.9. The van der Waals surface area contributed by atoms with Crippen molar-refractivity contribution in [3.8, 4) is 0 Å². The first-order valence-electron chi connectivity index (χ1n) is 7.39. The molecule has 2 aromatic carbocycles. The Morgan fingerprint density at radius 2 is 2.00 bits per heavy atom. The van der Waals surface area contributed by atoms with Crippen LogP contribution in [-0.4, -0.2) is 12.5 Å². The molecule has 0 spiro atoms. The lowest BCUT2D eigenvalue weighted by atomic mass is 9.81. The van der Waals surface area contributed by atoms with Crippen molar-refractivity contribution in [2.75, 3.05) is 6.54 Å². The molecule has 2 rings (SSSR count). The van der Waals surface area contributed by atoms with E-state index in [1.165, 1.54) is 6.07 Å². The monoisotopic (exact) mass is 287 g/mol. The van der Waals surface area contributed by atoms with Crippen molar-refractivity contribution in [2.45, 2.75) is 39.0 Å².